The molecule has 0 spiro atoms. The number of likely N-dealkylation sites (N-methyl/N-ethyl adjacent to an activating group) is 1. The molecule has 36 heavy (non-hydrogen) atoms. The van der Waals surface area contributed by atoms with Gasteiger partial charge in [0.15, 0.2) is 0 Å². The first-order chi connectivity index (χ1) is 17.6. The maximum absolute atomic E-state index is 13.5. The second-order valence-corrected chi connectivity index (χ2v) is 8.79. The lowest BCUT2D eigenvalue weighted by Crippen LogP contribution is -2.36. The van der Waals surface area contributed by atoms with Gasteiger partial charge in [0.2, 0.25) is 5.91 Å². The molecule has 0 atom stereocenters. The van der Waals surface area contributed by atoms with E-state index in [1.54, 1.807) is 13.1 Å². The van der Waals surface area contributed by atoms with Gasteiger partial charge in [0.25, 0.3) is 5.91 Å². The number of pyridine rings is 1. The van der Waals surface area contributed by atoms with E-state index in [0.29, 0.717) is 11.3 Å². The number of hydrogen-bond donors (Lipinski definition) is 1. The third-order valence-electron chi connectivity index (χ3n) is 6.27. The number of anilines is 2. The van der Waals surface area contributed by atoms with Crippen LogP contribution in [0.5, 0.6) is 0 Å². The number of hydrogen-bond acceptors (Lipinski definition) is 5. The van der Waals surface area contributed by atoms with Gasteiger partial charge in [-0.1, -0.05) is 48.5 Å². The Hall–Kier alpha value is -4.23. The average Bonchev–Trinajstić information content (AvgIpc) is 2.93. The second-order valence-electron chi connectivity index (χ2n) is 8.79. The molecule has 1 aliphatic heterocycles. The van der Waals surface area contributed by atoms with Crippen LogP contribution >= 0.6 is 0 Å². The average molecular weight is 481 g/mol. The number of aromatic nitrogens is 1. The summed E-state index contributed by atoms with van der Waals surface area (Å²) in [6, 6.07) is 26.9. The van der Waals surface area contributed by atoms with Crippen LogP contribution in [0.25, 0.3) is 22.2 Å². The number of nitrogens with one attached hydrogen (secondary N) is 1. The summed E-state index contributed by atoms with van der Waals surface area (Å²) in [7, 11) is 1.64. The van der Waals surface area contributed by atoms with Crippen molar-refractivity contribution >= 4 is 34.1 Å². The number of ether oxygens (including phenoxy) is 1. The molecule has 2 amide bonds. The van der Waals surface area contributed by atoms with Crippen LogP contribution in [0.1, 0.15) is 10.4 Å². The summed E-state index contributed by atoms with van der Waals surface area (Å²) in [5, 5.41) is 3.65. The van der Waals surface area contributed by atoms with Gasteiger partial charge in [0.05, 0.1) is 36.5 Å². The molecular formula is C29H28N4O3. The zero-order valence-electron chi connectivity index (χ0n) is 20.2. The van der Waals surface area contributed by atoms with E-state index in [-0.39, 0.29) is 18.4 Å². The van der Waals surface area contributed by atoms with E-state index in [2.05, 4.69) is 10.2 Å². The van der Waals surface area contributed by atoms with Crippen LogP contribution in [0.2, 0.25) is 0 Å². The lowest BCUT2D eigenvalue weighted by Gasteiger charge is -2.28. The van der Waals surface area contributed by atoms with Crippen LogP contribution in [-0.2, 0) is 9.53 Å². The number of nitrogens with zero attached hydrogens (tertiary/aromatic N) is 3. The first-order valence-electron chi connectivity index (χ1n) is 12.0. The summed E-state index contributed by atoms with van der Waals surface area (Å²) in [5.74, 6) is -0.491. The van der Waals surface area contributed by atoms with Gasteiger partial charge >= 0.3 is 0 Å². The van der Waals surface area contributed by atoms with Gasteiger partial charge in [0, 0.05) is 42.5 Å². The first-order valence-corrected chi connectivity index (χ1v) is 12.0. The van der Waals surface area contributed by atoms with Crippen LogP contribution in [0.15, 0.2) is 84.9 Å². The molecule has 1 aromatic heterocycles. The lowest BCUT2D eigenvalue weighted by molar-refractivity contribution is -0.116. The predicted octanol–water partition coefficient (Wildman–Crippen LogP) is 4.45. The number of carbonyl (C=O) groups is 2. The maximum atomic E-state index is 13.5. The Morgan fingerprint density at radius 3 is 2.39 bits per heavy atom. The van der Waals surface area contributed by atoms with Crippen LogP contribution < -0.4 is 10.2 Å². The minimum absolute atomic E-state index is 0.0681. The molecule has 7 nitrogen and oxygen atoms in total. The third-order valence-corrected chi connectivity index (χ3v) is 6.27. The van der Waals surface area contributed by atoms with Crippen LogP contribution in [0.3, 0.4) is 0 Å². The predicted molar refractivity (Wildman–Crippen MR) is 142 cm³/mol. The minimum atomic E-state index is -0.258. The number of carbonyl (C=O) groups excluding carboxylic acids is 2. The molecule has 1 fully saturated rings. The molecule has 3 aromatic carbocycles. The Morgan fingerprint density at radius 1 is 0.944 bits per heavy atom. The SMILES string of the molecule is CN(CC(=O)Nc1ccc(N2CCOCC2)cc1)C(=O)c1cc(-c2ccccc2)nc2ccccc12. The van der Waals surface area contributed by atoms with Crippen molar-refractivity contribution in [2.75, 3.05) is 50.1 Å². The Bertz CT molecular complexity index is 1370. The van der Waals surface area contributed by atoms with Crippen molar-refractivity contribution in [3.05, 3.63) is 90.5 Å². The number of morpholine rings is 1. The fourth-order valence-electron chi connectivity index (χ4n) is 4.38. The number of rotatable bonds is 6. The highest BCUT2D eigenvalue weighted by molar-refractivity contribution is 6.08. The molecule has 1 aliphatic rings. The van der Waals surface area contributed by atoms with E-state index in [1.807, 2.05) is 78.9 Å². The fraction of sp³-hybridized carbons (Fsp3) is 0.207. The molecule has 2 heterocycles. The standard InChI is InChI=1S/C29H28N4O3/c1-32(20-28(34)30-22-11-13-23(14-12-22)33-15-17-36-18-16-33)29(35)25-19-27(21-7-3-2-4-8-21)31-26-10-6-5-9-24(25)26/h2-14,19H,15-18,20H2,1H3,(H,30,34). The first kappa shape index (κ1) is 23.5. The topological polar surface area (TPSA) is 74.8 Å². The Kier molecular flexibility index (Phi) is 6.91. The van der Waals surface area contributed by atoms with Crippen molar-refractivity contribution in [1.82, 2.24) is 9.88 Å². The molecule has 0 radical (unpaired) electrons. The van der Waals surface area contributed by atoms with Crippen LogP contribution in [0.4, 0.5) is 11.4 Å². The monoisotopic (exact) mass is 480 g/mol. The summed E-state index contributed by atoms with van der Waals surface area (Å²) < 4.78 is 5.40. The molecule has 0 bridgehead atoms. The van der Waals surface area contributed by atoms with Gasteiger partial charge < -0.3 is 19.9 Å². The van der Waals surface area contributed by atoms with Gasteiger partial charge in [-0.3, -0.25) is 9.59 Å². The third kappa shape index (κ3) is 5.21. The Balaban J connectivity index is 1.30. The summed E-state index contributed by atoms with van der Waals surface area (Å²) in [4.78, 5) is 34.6. The molecule has 1 N–H and O–H groups in total. The molecule has 0 aliphatic carbocycles. The quantitative estimate of drug-likeness (QED) is 0.441. The molecular weight excluding hydrogens is 452 g/mol. The summed E-state index contributed by atoms with van der Waals surface area (Å²) in [6.07, 6.45) is 0. The fourth-order valence-corrected chi connectivity index (χ4v) is 4.38. The molecule has 1 saturated heterocycles. The lowest BCUT2D eigenvalue weighted by atomic mass is 10.0. The summed E-state index contributed by atoms with van der Waals surface area (Å²) >= 11 is 0. The van der Waals surface area contributed by atoms with Crippen molar-refractivity contribution in [3.63, 3.8) is 0 Å². The highest BCUT2D eigenvalue weighted by Gasteiger charge is 2.20. The number of benzene rings is 3. The van der Waals surface area contributed by atoms with Crippen molar-refractivity contribution in [1.29, 1.82) is 0 Å². The largest absolute Gasteiger partial charge is 0.378 e. The van der Waals surface area contributed by atoms with E-state index in [9.17, 15) is 9.59 Å². The Morgan fingerprint density at radius 2 is 1.64 bits per heavy atom. The highest BCUT2D eigenvalue weighted by Crippen LogP contribution is 2.26. The van der Waals surface area contributed by atoms with Crippen molar-refractivity contribution in [2.24, 2.45) is 0 Å². The molecule has 4 aromatic rings. The maximum Gasteiger partial charge on any atom is 0.254 e. The van der Waals surface area contributed by atoms with E-state index in [1.165, 1.54) is 4.90 Å². The van der Waals surface area contributed by atoms with Crippen molar-refractivity contribution in [2.45, 2.75) is 0 Å². The molecule has 5 rings (SSSR count). The zero-order valence-corrected chi connectivity index (χ0v) is 20.2. The molecule has 0 unspecified atom stereocenters. The van der Waals surface area contributed by atoms with E-state index in [0.717, 1.165) is 54.2 Å². The van der Waals surface area contributed by atoms with Gasteiger partial charge in [-0.05, 0) is 36.4 Å². The van der Waals surface area contributed by atoms with Crippen LogP contribution in [0, 0.1) is 0 Å². The van der Waals surface area contributed by atoms with Crippen LogP contribution in [-0.4, -0.2) is 61.6 Å². The number of para-hydroxylation sites is 1. The zero-order chi connectivity index (χ0) is 24.9. The van der Waals surface area contributed by atoms with Gasteiger partial charge in [0.1, 0.15) is 0 Å². The van der Waals surface area contributed by atoms with Gasteiger partial charge in [-0.2, -0.15) is 0 Å². The molecule has 182 valence electrons. The minimum Gasteiger partial charge on any atom is -0.378 e. The van der Waals surface area contributed by atoms with E-state index >= 15 is 0 Å². The number of amides is 2. The summed E-state index contributed by atoms with van der Waals surface area (Å²) in [5.41, 5.74) is 4.69. The normalized spacial score (nSPS) is 13.4. The van der Waals surface area contributed by atoms with E-state index < -0.39 is 0 Å². The molecule has 0 saturated carbocycles. The van der Waals surface area contributed by atoms with Crippen molar-refractivity contribution < 1.29 is 14.3 Å². The van der Waals surface area contributed by atoms with Crippen molar-refractivity contribution in [3.8, 4) is 11.3 Å². The van der Waals surface area contributed by atoms with E-state index in [4.69, 9.17) is 9.72 Å². The summed E-state index contributed by atoms with van der Waals surface area (Å²) in [6.45, 7) is 3.08. The number of fused-ring (bicyclic) bond motifs is 1. The van der Waals surface area contributed by atoms with Gasteiger partial charge in [-0.15, -0.1) is 0 Å². The highest BCUT2D eigenvalue weighted by atomic mass is 16.5. The second kappa shape index (κ2) is 10.6. The smallest absolute Gasteiger partial charge is 0.254 e. The van der Waals surface area contributed by atoms with Gasteiger partial charge in [-0.25, -0.2) is 4.98 Å². The Labute approximate surface area is 210 Å². The molecule has 7 heteroatoms.